The van der Waals surface area contributed by atoms with Gasteiger partial charge in [0, 0.05) is 12.1 Å². The van der Waals surface area contributed by atoms with E-state index in [1.165, 1.54) is 0 Å². The van der Waals surface area contributed by atoms with Crippen LogP contribution in [-0.4, -0.2) is 16.1 Å². The van der Waals surface area contributed by atoms with Crippen molar-refractivity contribution in [2.45, 2.75) is 26.2 Å². The molecule has 4 heteroatoms. The highest BCUT2D eigenvalue weighted by Gasteiger charge is 2.01. The van der Waals surface area contributed by atoms with Crippen LogP contribution in [0, 0.1) is 6.92 Å². The predicted octanol–water partition coefficient (Wildman–Crippen LogP) is 2.45. The highest BCUT2D eigenvalue weighted by atomic mass is 35.5. The molecule has 1 aromatic heterocycles. The standard InChI is InChI=1S/C10H12ClNO2/c1-7-5-6-8(12-10(7)11)3-2-4-9(13)14/h5-6H,2-4H2,1H3,(H,13,14). The third-order valence-electron chi connectivity index (χ3n) is 1.92. The number of halogens is 1. The molecule has 0 aliphatic rings. The Hall–Kier alpha value is -1.09. The molecule has 0 fully saturated rings. The Balaban J connectivity index is 2.51. The molecule has 0 aromatic carbocycles. The van der Waals surface area contributed by atoms with E-state index in [4.69, 9.17) is 16.7 Å². The number of carboxylic acid groups (broad SMARTS) is 1. The van der Waals surface area contributed by atoms with Crippen LogP contribution in [0.25, 0.3) is 0 Å². The van der Waals surface area contributed by atoms with Crippen LogP contribution >= 0.6 is 11.6 Å². The smallest absolute Gasteiger partial charge is 0.303 e. The maximum absolute atomic E-state index is 10.3. The molecule has 0 amide bonds. The third kappa shape index (κ3) is 3.34. The Morgan fingerprint density at radius 3 is 2.86 bits per heavy atom. The van der Waals surface area contributed by atoms with Crippen LogP contribution in [0.1, 0.15) is 24.1 Å². The first kappa shape index (κ1) is 11.0. The van der Waals surface area contributed by atoms with E-state index < -0.39 is 5.97 Å². The average molecular weight is 214 g/mol. The molecule has 0 atom stereocenters. The van der Waals surface area contributed by atoms with Crippen LogP contribution in [0.5, 0.6) is 0 Å². The van der Waals surface area contributed by atoms with Crippen LogP contribution in [0.2, 0.25) is 5.15 Å². The SMILES string of the molecule is Cc1ccc(CCCC(=O)O)nc1Cl. The Bertz CT molecular complexity index is 339. The lowest BCUT2D eigenvalue weighted by Gasteiger charge is -2.01. The van der Waals surface area contributed by atoms with Gasteiger partial charge in [0.1, 0.15) is 5.15 Å². The Morgan fingerprint density at radius 1 is 1.57 bits per heavy atom. The maximum Gasteiger partial charge on any atom is 0.303 e. The number of pyridine rings is 1. The largest absolute Gasteiger partial charge is 0.481 e. The summed E-state index contributed by atoms with van der Waals surface area (Å²) in [4.78, 5) is 14.4. The summed E-state index contributed by atoms with van der Waals surface area (Å²) >= 11 is 5.83. The monoisotopic (exact) mass is 213 g/mol. The Morgan fingerprint density at radius 2 is 2.29 bits per heavy atom. The summed E-state index contributed by atoms with van der Waals surface area (Å²) in [7, 11) is 0. The van der Waals surface area contributed by atoms with Crippen LogP contribution < -0.4 is 0 Å². The van der Waals surface area contributed by atoms with Gasteiger partial charge in [0.25, 0.3) is 0 Å². The lowest BCUT2D eigenvalue weighted by atomic mass is 10.1. The van der Waals surface area contributed by atoms with Crippen molar-refractivity contribution in [3.63, 3.8) is 0 Å². The number of nitrogens with zero attached hydrogens (tertiary/aromatic N) is 1. The quantitative estimate of drug-likeness (QED) is 0.782. The van der Waals surface area contributed by atoms with E-state index in [1.807, 2.05) is 19.1 Å². The summed E-state index contributed by atoms with van der Waals surface area (Å²) in [5, 5.41) is 8.94. The molecule has 0 saturated heterocycles. The van der Waals surface area contributed by atoms with Gasteiger partial charge in [-0.1, -0.05) is 17.7 Å². The molecule has 3 nitrogen and oxygen atoms in total. The lowest BCUT2D eigenvalue weighted by molar-refractivity contribution is -0.137. The van der Waals surface area contributed by atoms with Crippen molar-refractivity contribution in [2.75, 3.05) is 0 Å². The number of hydrogen-bond donors (Lipinski definition) is 1. The number of rotatable bonds is 4. The van der Waals surface area contributed by atoms with E-state index in [1.54, 1.807) is 0 Å². The fourth-order valence-corrected chi connectivity index (χ4v) is 1.27. The van der Waals surface area contributed by atoms with E-state index >= 15 is 0 Å². The van der Waals surface area contributed by atoms with Crippen molar-refractivity contribution in [1.29, 1.82) is 0 Å². The van der Waals surface area contributed by atoms with Gasteiger partial charge in [-0.15, -0.1) is 0 Å². The van der Waals surface area contributed by atoms with Gasteiger partial charge in [0.15, 0.2) is 0 Å². The molecule has 0 radical (unpaired) electrons. The highest BCUT2D eigenvalue weighted by Crippen LogP contribution is 2.13. The molecule has 1 N–H and O–H groups in total. The number of aliphatic carboxylic acids is 1. The van der Waals surface area contributed by atoms with Gasteiger partial charge in [0.05, 0.1) is 0 Å². The molecule has 76 valence electrons. The van der Waals surface area contributed by atoms with Gasteiger partial charge in [-0.25, -0.2) is 4.98 Å². The first-order valence-corrected chi connectivity index (χ1v) is 4.81. The summed E-state index contributed by atoms with van der Waals surface area (Å²) in [5.74, 6) is -0.775. The second-order valence-corrected chi connectivity index (χ2v) is 3.52. The summed E-state index contributed by atoms with van der Waals surface area (Å²) < 4.78 is 0. The fraction of sp³-hybridized carbons (Fsp3) is 0.400. The summed E-state index contributed by atoms with van der Waals surface area (Å²) in [6.07, 6.45) is 1.43. The molecule has 1 rings (SSSR count). The molecular weight excluding hydrogens is 202 g/mol. The van der Waals surface area contributed by atoms with Gasteiger partial charge < -0.3 is 5.11 Å². The maximum atomic E-state index is 10.3. The summed E-state index contributed by atoms with van der Waals surface area (Å²) in [6.45, 7) is 1.89. The summed E-state index contributed by atoms with van der Waals surface area (Å²) in [5.41, 5.74) is 1.79. The number of carboxylic acids is 1. The fourth-order valence-electron chi connectivity index (χ4n) is 1.10. The van der Waals surface area contributed by atoms with Crippen molar-refractivity contribution < 1.29 is 9.90 Å². The first-order valence-electron chi connectivity index (χ1n) is 4.43. The molecular formula is C10H12ClNO2. The second-order valence-electron chi connectivity index (χ2n) is 3.16. The molecule has 14 heavy (non-hydrogen) atoms. The molecule has 1 aromatic rings. The van der Waals surface area contributed by atoms with E-state index in [9.17, 15) is 4.79 Å². The predicted molar refractivity (Wildman–Crippen MR) is 54.6 cm³/mol. The van der Waals surface area contributed by atoms with Crippen molar-refractivity contribution in [3.8, 4) is 0 Å². The normalized spacial score (nSPS) is 10.1. The lowest BCUT2D eigenvalue weighted by Crippen LogP contribution is -1.97. The van der Waals surface area contributed by atoms with Crippen LogP contribution in [0.4, 0.5) is 0 Å². The van der Waals surface area contributed by atoms with Gasteiger partial charge in [0.2, 0.25) is 0 Å². The van der Waals surface area contributed by atoms with Crippen molar-refractivity contribution >= 4 is 17.6 Å². The van der Waals surface area contributed by atoms with Crippen molar-refractivity contribution in [1.82, 2.24) is 4.98 Å². The number of aryl methyl sites for hydroxylation is 2. The molecule has 0 bridgehead atoms. The average Bonchev–Trinajstić information content (AvgIpc) is 2.10. The van der Waals surface area contributed by atoms with Crippen molar-refractivity contribution in [2.24, 2.45) is 0 Å². The van der Waals surface area contributed by atoms with Gasteiger partial charge >= 0.3 is 5.97 Å². The Labute approximate surface area is 87.7 Å². The van der Waals surface area contributed by atoms with Gasteiger partial charge in [-0.05, 0) is 31.4 Å². The van der Waals surface area contributed by atoms with Crippen LogP contribution in [-0.2, 0) is 11.2 Å². The van der Waals surface area contributed by atoms with Crippen LogP contribution in [0.15, 0.2) is 12.1 Å². The van der Waals surface area contributed by atoms with E-state index in [2.05, 4.69) is 4.98 Å². The zero-order valence-electron chi connectivity index (χ0n) is 7.96. The topological polar surface area (TPSA) is 50.2 Å². The third-order valence-corrected chi connectivity index (χ3v) is 2.30. The molecule has 0 aliphatic heterocycles. The van der Waals surface area contributed by atoms with Crippen LogP contribution in [0.3, 0.4) is 0 Å². The second kappa shape index (κ2) is 4.96. The first-order chi connectivity index (χ1) is 6.59. The molecule has 0 aliphatic carbocycles. The minimum absolute atomic E-state index is 0.174. The number of hydrogen-bond acceptors (Lipinski definition) is 2. The zero-order chi connectivity index (χ0) is 10.6. The van der Waals surface area contributed by atoms with Gasteiger partial charge in [-0.3, -0.25) is 4.79 Å². The Kier molecular flexibility index (Phi) is 3.89. The molecule has 0 saturated carbocycles. The number of aromatic nitrogens is 1. The van der Waals surface area contributed by atoms with E-state index in [0.29, 0.717) is 18.0 Å². The number of carbonyl (C=O) groups is 1. The highest BCUT2D eigenvalue weighted by molar-refractivity contribution is 6.30. The summed E-state index contributed by atoms with van der Waals surface area (Å²) in [6, 6.07) is 3.77. The minimum atomic E-state index is -0.775. The minimum Gasteiger partial charge on any atom is -0.481 e. The molecule has 0 spiro atoms. The van der Waals surface area contributed by atoms with Crippen molar-refractivity contribution in [3.05, 3.63) is 28.5 Å². The zero-order valence-corrected chi connectivity index (χ0v) is 8.71. The molecule has 0 unspecified atom stereocenters. The van der Waals surface area contributed by atoms with E-state index in [0.717, 1.165) is 11.3 Å². The van der Waals surface area contributed by atoms with Gasteiger partial charge in [-0.2, -0.15) is 0 Å². The molecule has 1 heterocycles. The van der Waals surface area contributed by atoms with E-state index in [-0.39, 0.29) is 6.42 Å².